The molecule has 1 aromatic carbocycles. The first-order chi connectivity index (χ1) is 7.68. The van der Waals surface area contributed by atoms with E-state index in [0.717, 1.165) is 12.5 Å². The van der Waals surface area contributed by atoms with Crippen LogP contribution >= 0.6 is 0 Å². The highest BCUT2D eigenvalue weighted by Crippen LogP contribution is 2.46. The molecule has 1 nitrogen and oxygen atoms in total. The van der Waals surface area contributed by atoms with E-state index >= 15 is 0 Å². The topological polar surface area (TPSA) is 12.0 Å². The van der Waals surface area contributed by atoms with Crippen molar-refractivity contribution < 1.29 is 0 Å². The molecule has 1 saturated carbocycles. The summed E-state index contributed by atoms with van der Waals surface area (Å²) in [6.07, 6.45) is 2.83. The highest BCUT2D eigenvalue weighted by atomic mass is 14.9. The molecule has 16 heavy (non-hydrogen) atoms. The minimum atomic E-state index is 0.645. The van der Waals surface area contributed by atoms with Crippen LogP contribution in [0.1, 0.15) is 54.0 Å². The maximum atomic E-state index is 3.76. The lowest BCUT2D eigenvalue weighted by atomic mass is 9.81. The van der Waals surface area contributed by atoms with Gasteiger partial charge in [-0.3, -0.25) is 0 Å². The van der Waals surface area contributed by atoms with Gasteiger partial charge in [-0.15, -0.1) is 0 Å². The van der Waals surface area contributed by atoms with Gasteiger partial charge in [0.2, 0.25) is 0 Å². The van der Waals surface area contributed by atoms with E-state index in [-0.39, 0.29) is 0 Å². The summed E-state index contributed by atoms with van der Waals surface area (Å²) in [6, 6.07) is 5.23. The zero-order chi connectivity index (χ0) is 11.3. The summed E-state index contributed by atoms with van der Waals surface area (Å²) in [4.78, 5) is 0. The molecular formula is C15H21N. The summed E-state index contributed by atoms with van der Waals surface area (Å²) < 4.78 is 0. The summed E-state index contributed by atoms with van der Waals surface area (Å²) in [6.45, 7) is 8.04. The molecule has 1 N–H and O–H groups in total. The molecule has 0 aromatic heterocycles. The molecule has 0 bridgehead atoms. The average molecular weight is 215 g/mol. The number of benzene rings is 1. The second-order valence-electron chi connectivity index (χ2n) is 5.65. The fraction of sp³-hybridized carbons (Fsp3) is 0.600. The average Bonchev–Trinajstić information content (AvgIpc) is 3.07. The fourth-order valence-corrected chi connectivity index (χ4v) is 3.26. The zero-order valence-corrected chi connectivity index (χ0v) is 10.5. The van der Waals surface area contributed by atoms with Gasteiger partial charge >= 0.3 is 0 Å². The van der Waals surface area contributed by atoms with E-state index in [4.69, 9.17) is 0 Å². The van der Waals surface area contributed by atoms with Gasteiger partial charge in [0, 0.05) is 12.6 Å². The molecule has 0 radical (unpaired) electrons. The Labute approximate surface area is 98.3 Å². The largest absolute Gasteiger partial charge is 0.309 e. The number of hydrogen-bond donors (Lipinski definition) is 1. The first kappa shape index (κ1) is 10.3. The molecule has 2 aliphatic rings. The van der Waals surface area contributed by atoms with E-state index in [1.165, 1.54) is 24.0 Å². The third kappa shape index (κ3) is 1.49. The maximum absolute atomic E-state index is 3.76. The smallest absolute Gasteiger partial charge is 0.0354 e. The van der Waals surface area contributed by atoms with Crippen LogP contribution in [0.15, 0.2) is 12.1 Å². The van der Waals surface area contributed by atoms with Gasteiger partial charge in [0.25, 0.3) is 0 Å². The van der Waals surface area contributed by atoms with Crippen LogP contribution in [-0.2, 0) is 0 Å². The highest BCUT2D eigenvalue weighted by molar-refractivity contribution is 5.46. The molecule has 1 aliphatic carbocycles. The zero-order valence-electron chi connectivity index (χ0n) is 10.5. The highest BCUT2D eigenvalue weighted by Gasteiger charge is 2.37. The Morgan fingerprint density at radius 3 is 2.31 bits per heavy atom. The summed E-state index contributed by atoms with van der Waals surface area (Å²) in [7, 11) is 0. The maximum Gasteiger partial charge on any atom is 0.0354 e. The Morgan fingerprint density at radius 2 is 1.69 bits per heavy atom. The molecule has 2 unspecified atom stereocenters. The molecule has 1 fully saturated rings. The van der Waals surface area contributed by atoms with Gasteiger partial charge in [-0.25, -0.2) is 0 Å². The van der Waals surface area contributed by atoms with Gasteiger partial charge in [-0.05, 0) is 60.8 Å². The molecule has 0 amide bonds. The van der Waals surface area contributed by atoms with Gasteiger partial charge < -0.3 is 5.32 Å². The summed E-state index contributed by atoms with van der Waals surface area (Å²) in [5.74, 6) is 1.58. The van der Waals surface area contributed by atoms with Gasteiger partial charge in [-0.2, -0.15) is 0 Å². The minimum absolute atomic E-state index is 0.645. The summed E-state index contributed by atoms with van der Waals surface area (Å²) in [5.41, 5.74) is 6.23. The second-order valence-corrected chi connectivity index (χ2v) is 5.65. The van der Waals surface area contributed by atoms with Crippen molar-refractivity contribution in [3.05, 3.63) is 34.4 Å². The van der Waals surface area contributed by atoms with E-state index in [1.54, 1.807) is 11.1 Å². The van der Waals surface area contributed by atoms with E-state index in [1.807, 2.05) is 0 Å². The fourth-order valence-electron chi connectivity index (χ4n) is 3.26. The van der Waals surface area contributed by atoms with Crippen LogP contribution in [0.2, 0.25) is 0 Å². The molecule has 1 aromatic rings. The Kier molecular flexibility index (Phi) is 2.32. The normalized spacial score (nSPS) is 28.9. The Hall–Kier alpha value is -0.820. The molecule has 2 atom stereocenters. The molecule has 3 rings (SSSR count). The van der Waals surface area contributed by atoms with Crippen molar-refractivity contribution in [3.63, 3.8) is 0 Å². The third-order valence-corrected chi connectivity index (χ3v) is 4.26. The van der Waals surface area contributed by atoms with Gasteiger partial charge in [0.15, 0.2) is 0 Å². The van der Waals surface area contributed by atoms with Crippen LogP contribution in [0.5, 0.6) is 0 Å². The van der Waals surface area contributed by atoms with E-state index in [2.05, 4.69) is 38.2 Å². The Morgan fingerprint density at radius 1 is 1.06 bits per heavy atom. The number of aryl methyl sites for hydroxylation is 2. The molecule has 1 heterocycles. The van der Waals surface area contributed by atoms with Crippen molar-refractivity contribution in [2.24, 2.45) is 5.92 Å². The van der Waals surface area contributed by atoms with Crippen molar-refractivity contribution in [2.45, 2.75) is 45.6 Å². The molecular weight excluding hydrogens is 194 g/mol. The van der Waals surface area contributed by atoms with Crippen LogP contribution in [0.3, 0.4) is 0 Å². The summed E-state index contributed by atoms with van der Waals surface area (Å²) >= 11 is 0. The van der Waals surface area contributed by atoms with E-state index in [0.29, 0.717) is 12.0 Å². The van der Waals surface area contributed by atoms with Crippen LogP contribution < -0.4 is 5.32 Å². The number of nitrogens with one attached hydrogen (secondary N) is 1. The van der Waals surface area contributed by atoms with Crippen molar-refractivity contribution in [1.82, 2.24) is 5.32 Å². The van der Waals surface area contributed by atoms with Crippen LogP contribution in [0, 0.1) is 19.8 Å². The lowest BCUT2D eigenvalue weighted by molar-refractivity contribution is 0.426. The minimum Gasteiger partial charge on any atom is -0.309 e. The quantitative estimate of drug-likeness (QED) is 0.756. The molecule has 1 heteroatoms. The number of fused-ring (bicyclic) bond motifs is 1. The predicted molar refractivity (Wildman–Crippen MR) is 67.8 cm³/mol. The third-order valence-electron chi connectivity index (χ3n) is 4.26. The lowest BCUT2D eigenvalue weighted by Gasteiger charge is -2.34. The monoisotopic (exact) mass is 215 g/mol. The van der Waals surface area contributed by atoms with Crippen LogP contribution in [-0.4, -0.2) is 6.54 Å². The molecule has 1 aliphatic heterocycles. The van der Waals surface area contributed by atoms with Crippen LogP contribution in [0.25, 0.3) is 0 Å². The number of hydrogen-bond acceptors (Lipinski definition) is 1. The predicted octanol–water partition coefficient (Wildman–Crippen LogP) is 3.46. The van der Waals surface area contributed by atoms with Crippen molar-refractivity contribution in [3.8, 4) is 0 Å². The standard InChI is InChI=1S/C15H21N/c1-9-4-5-10(2)14-13(9)11(3)8-16-15(14)12-6-7-12/h4-5,11-12,15-16H,6-8H2,1-3H3. The van der Waals surface area contributed by atoms with Crippen molar-refractivity contribution in [2.75, 3.05) is 6.54 Å². The van der Waals surface area contributed by atoms with Gasteiger partial charge in [-0.1, -0.05) is 19.1 Å². The molecule has 0 saturated heterocycles. The van der Waals surface area contributed by atoms with Crippen molar-refractivity contribution in [1.29, 1.82) is 0 Å². The second kappa shape index (κ2) is 3.59. The summed E-state index contributed by atoms with van der Waals surface area (Å²) in [5, 5.41) is 3.76. The first-order valence-corrected chi connectivity index (χ1v) is 6.52. The lowest BCUT2D eigenvalue weighted by Crippen LogP contribution is -2.34. The van der Waals surface area contributed by atoms with Crippen LogP contribution in [0.4, 0.5) is 0 Å². The first-order valence-electron chi connectivity index (χ1n) is 6.52. The Balaban J connectivity index is 2.15. The SMILES string of the molecule is Cc1ccc(C)c2c1C(C)CNC2C1CC1. The van der Waals surface area contributed by atoms with E-state index < -0.39 is 0 Å². The Bertz CT molecular complexity index is 418. The van der Waals surface area contributed by atoms with Crippen molar-refractivity contribution >= 4 is 0 Å². The van der Waals surface area contributed by atoms with E-state index in [9.17, 15) is 0 Å². The van der Waals surface area contributed by atoms with Gasteiger partial charge in [0.1, 0.15) is 0 Å². The molecule has 86 valence electrons. The van der Waals surface area contributed by atoms with Gasteiger partial charge in [0.05, 0.1) is 0 Å². The molecule has 0 spiro atoms. The number of rotatable bonds is 1.